The summed E-state index contributed by atoms with van der Waals surface area (Å²) < 4.78 is 0. The first kappa shape index (κ1) is 20.5. The quantitative estimate of drug-likeness (QED) is 0.616. The third-order valence-corrected chi connectivity index (χ3v) is 5.26. The minimum atomic E-state index is -0.396. The molecular weight excluding hydrogens is 384 g/mol. The van der Waals surface area contributed by atoms with Crippen LogP contribution in [0.4, 0.5) is 11.4 Å². The third kappa shape index (κ3) is 6.15. The van der Waals surface area contributed by atoms with Crippen molar-refractivity contribution in [2.45, 2.75) is 19.1 Å². The van der Waals surface area contributed by atoms with Crippen LogP contribution >= 0.6 is 11.8 Å². The van der Waals surface area contributed by atoms with Crippen LogP contribution < -0.4 is 10.6 Å². The topological polar surface area (TPSA) is 84.0 Å². The molecule has 0 saturated carbocycles. The van der Waals surface area contributed by atoms with E-state index in [0.29, 0.717) is 11.5 Å². The summed E-state index contributed by atoms with van der Waals surface area (Å²) in [7, 11) is 0. The van der Waals surface area contributed by atoms with E-state index in [1.807, 2.05) is 61.5 Å². The van der Waals surface area contributed by atoms with Crippen LogP contribution in [0.2, 0.25) is 0 Å². The number of aromatic nitrogens is 2. The lowest BCUT2D eigenvalue weighted by Crippen LogP contribution is -2.25. The molecule has 3 aromatic rings. The number of rotatable bonds is 7. The van der Waals surface area contributed by atoms with Crippen molar-refractivity contribution in [1.29, 1.82) is 0 Å². The number of amides is 2. The van der Waals surface area contributed by atoms with E-state index in [1.165, 1.54) is 11.8 Å². The fraction of sp³-hybridized carbons (Fsp3) is 0.182. The van der Waals surface area contributed by atoms with Gasteiger partial charge in [-0.25, -0.2) is 9.97 Å². The maximum Gasteiger partial charge on any atom is 0.237 e. The Bertz CT molecular complexity index is 960. The molecule has 0 aliphatic heterocycles. The van der Waals surface area contributed by atoms with Crippen molar-refractivity contribution in [2.75, 3.05) is 16.4 Å². The van der Waals surface area contributed by atoms with Crippen LogP contribution in [0.1, 0.15) is 12.5 Å². The fourth-order valence-electron chi connectivity index (χ4n) is 2.48. The molecular formula is C22H22N4O2S. The summed E-state index contributed by atoms with van der Waals surface area (Å²) in [5, 5.41) is 5.21. The number of benzene rings is 2. The number of hydrogen-bond acceptors (Lipinski definition) is 5. The Labute approximate surface area is 174 Å². The van der Waals surface area contributed by atoms with E-state index < -0.39 is 5.25 Å². The smallest absolute Gasteiger partial charge is 0.237 e. The van der Waals surface area contributed by atoms with Gasteiger partial charge in [0.15, 0.2) is 5.82 Å². The number of aryl methyl sites for hydroxylation is 1. The van der Waals surface area contributed by atoms with E-state index in [1.54, 1.807) is 19.3 Å². The van der Waals surface area contributed by atoms with Gasteiger partial charge in [-0.2, -0.15) is 0 Å². The van der Waals surface area contributed by atoms with Gasteiger partial charge >= 0.3 is 0 Å². The molecule has 1 atom stereocenters. The Morgan fingerprint density at radius 1 is 0.931 bits per heavy atom. The average Bonchev–Trinajstić information content (AvgIpc) is 2.75. The molecule has 2 aromatic carbocycles. The molecule has 148 valence electrons. The molecule has 2 amide bonds. The van der Waals surface area contributed by atoms with Gasteiger partial charge in [-0.1, -0.05) is 48.0 Å². The molecule has 1 heterocycles. The maximum atomic E-state index is 12.4. The van der Waals surface area contributed by atoms with E-state index in [2.05, 4.69) is 20.6 Å². The standard InChI is InChI=1S/C22H22N4O2S/c1-15-8-10-18(11-9-15)25-20(27)14-29-16(2)22(28)26-19-12-23-21(24-13-19)17-6-4-3-5-7-17/h3-13,16H,14H2,1-2H3,(H,25,27)(H,26,28). The largest absolute Gasteiger partial charge is 0.325 e. The van der Waals surface area contributed by atoms with Gasteiger partial charge in [0.05, 0.1) is 29.1 Å². The summed E-state index contributed by atoms with van der Waals surface area (Å²) in [4.78, 5) is 33.0. The highest BCUT2D eigenvalue weighted by atomic mass is 32.2. The fourth-order valence-corrected chi connectivity index (χ4v) is 3.17. The number of carbonyl (C=O) groups is 2. The average molecular weight is 407 g/mol. The molecule has 0 spiro atoms. The van der Waals surface area contributed by atoms with Crippen molar-refractivity contribution in [1.82, 2.24) is 9.97 Å². The summed E-state index contributed by atoms with van der Waals surface area (Å²) in [5.74, 6) is 0.438. The van der Waals surface area contributed by atoms with Crippen LogP contribution in [0.15, 0.2) is 67.0 Å². The number of carbonyl (C=O) groups excluding carboxylic acids is 2. The first-order chi connectivity index (χ1) is 14.0. The predicted octanol–water partition coefficient (Wildman–Crippen LogP) is 4.15. The first-order valence-corrected chi connectivity index (χ1v) is 10.2. The van der Waals surface area contributed by atoms with Crippen LogP contribution in [-0.4, -0.2) is 32.8 Å². The maximum absolute atomic E-state index is 12.4. The van der Waals surface area contributed by atoms with Gasteiger partial charge in [-0.05, 0) is 26.0 Å². The van der Waals surface area contributed by atoms with Crippen molar-refractivity contribution in [3.8, 4) is 11.4 Å². The van der Waals surface area contributed by atoms with Crippen molar-refractivity contribution < 1.29 is 9.59 Å². The van der Waals surface area contributed by atoms with E-state index in [9.17, 15) is 9.59 Å². The van der Waals surface area contributed by atoms with E-state index >= 15 is 0 Å². The normalized spacial score (nSPS) is 11.5. The summed E-state index contributed by atoms with van der Waals surface area (Å²) in [5.41, 5.74) is 3.30. The highest BCUT2D eigenvalue weighted by Crippen LogP contribution is 2.17. The number of thioether (sulfide) groups is 1. The zero-order valence-corrected chi connectivity index (χ0v) is 17.1. The van der Waals surface area contributed by atoms with E-state index in [4.69, 9.17) is 0 Å². The molecule has 6 nitrogen and oxygen atoms in total. The minimum absolute atomic E-state index is 0.144. The molecule has 0 aliphatic carbocycles. The molecule has 29 heavy (non-hydrogen) atoms. The number of hydrogen-bond donors (Lipinski definition) is 2. The van der Waals surface area contributed by atoms with Gasteiger partial charge in [0.25, 0.3) is 0 Å². The Balaban J connectivity index is 1.47. The van der Waals surface area contributed by atoms with Crippen LogP contribution in [0.3, 0.4) is 0 Å². The second kappa shape index (κ2) is 9.84. The number of anilines is 2. The highest BCUT2D eigenvalue weighted by Gasteiger charge is 2.16. The van der Waals surface area contributed by atoms with Gasteiger partial charge < -0.3 is 10.6 Å². The Morgan fingerprint density at radius 3 is 2.24 bits per heavy atom. The highest BCUT2D eigenvalue weighted by molar-refractivity contribution is 8.01. The summed E-state index contributed by atoms with van der Waals surface area (Å²) >= 11 is 1.27. The molecule has 0 bridgehead atoms. The lowest BCUT2D eigenvalue weighted by Gasteiger charge is -2.12. The number of nitrogens with zero attached hydrogens (tertiary/aromatic N) is 2. The second-order valence-corrected chi connectivity index (χ2v) is 7.85. The zero-order chi connectivity index (χ0) is 20.6. The molecule has 0 saturated heterocycles. The van der Waals surface area contributed by atoms with Crippen LogP contribution in [-0.2, 0) is 9.59 Å². The number of nitrogens with one attached hydrogen (secondary N) is 2. The molecule has 3 rings (SSSR count). The first-order valence-electron chi connectivity index (χ1n) is 9.18. The molecule has 7 heteroatoms. The van der Waals surface area contributed by atoms with Gasteiger partial charge in [0.2, 0.25) is 11.8 Å². The van der Waals surface area contributed by atoms with Crippen molar-refractivity contribution >= 4 is 35.0 Å². The van der Waals surface area contributed by atoms with Gasteiger partial charge in [0, 0.05) is 11.3 Å². The second-order valence-electron chi connectivity index (χ2n) is 6.52. The molecule has 1 aromatic heterocycles. The molecule has 0 fully saturated rings. The van der Waals surface area contributed by atoms with E-state index in [0.717, 1.165) is 16.8 Å². The van der Waals surface area contributed by atoms with Crippen molar-refractivity contribution in [3.05, 3.63) is 72.6 Å². The van der Waals surface area contributed by atoms with Gasteiger partial charge in [-0.15, -0.1) is 11.8 Å². The lowest BCUT2D eigenvalue weighted by molar-refractivity contribution is -0.115. The third-order valence-electron chi connectivity index (χ3n) is 4.12. The van der Waals surface area contributed by atoms with E-state index in [-0.39, 0.29) is 17.6 Å². The summed E-state index contributed by atoms with van der Waals surface area (Å²) in [6, 6.07) is 17.2. The Morgan fingerprint density at radius 2 is 1.59 bits per heavy atom. The van der Waals surface area contributed by atoms with Crippen molar-refractivity contribution in [2.24, 2.45) is 0 Å². The van der Waals surface area contributed by atoms with Crippen molar-refractivity contribution in [3.63, 3.8) is 0 Å². The predicted molar refractivity (Wildman–Crippen MR) is 118 cm³/mol. The van der Waals surface area contributed by atoms with Gasteiger partial charge in [0.1, 0.15) is 0 Å². The monoisotopic (exact) mass is 406 g/mol. The SMILES string of the molecule is Cc1ccc(NC(=O)CSC(C)C(=O)Nc2cnc(-c3ccccc3)nc2)cc1. The summed E-state index contributed by atoms with van der Waals surface area (Å²) in [6.45, 7) is 3.75. The Kier molecular flexibility index (Phi) is 6.97. The Hall–Kier alpha value is -3.19. The summed E-state index contributed by atoms with van der Waals surface area (Å²) in [6.07, 6.45) is 3.16. The van der Waals surface area contributed by atoms with Crippen LogP contribution in [0.25, 0.3) is 11.4 Å². The lowest BCUT2D eigenvalue weighted by atomic mass is 10.2. The zero-order valence-electron chi connectivity index (χ0n) is 16.3. The molecule has 1 unspecified atom stereocenters. The molecule has 0 radical (unpaired) electrons. The molecule has 2 N–H and O–H groups in total. The van der Waals surface area contributed by atoms with Crippen LogP contribution in [0, 0.1) is 6.92 Å². The minimum Gasteiger partial charge on any atom is -0.325 e. The van der Waals surface area contributed by atoms with Crippen LogP contribution in [0.5, 0.6) is 0 Å². The molecule has 0 aliphatic rings. The van der Waals surface area contributed by atoms with Gasteiger partial charge in [-0.3, -0.25) is 9.59 Å².